The molecule has 0 aliphatic rings. The molecule has 1 aromatic rings. The van der Waals surface area contributed by atoms with Crippen molar-refractivity contribution in [2.24, 2.45) is 0 Å². The SMILES string of the molecule is COC(OC)(c1ccccc1)C(C)Br. The molecule has 2 nitrogen and oxygen atoms in total. The maximum Gasteiger partial charge on any atom is 0.206 e. The molecule has 0 fully saturated rings. The molecule has 78 valence electrons. The second-order valence-electron chi connectivity index (χ2n) is 3.06. The third-order valence-electron chi connectivity index (χ3n) is 2.31. The lowest BCUT2D eigenvalue weighted by molar-refractivity contribution is -0.212. The van der Waals surface area contributed by atoms with E-state index in [1.807, 2.05) is 37.3 Å². The summed E-state index contributed by atoms with van der Waals surface area (Å²) in [7, 11) is 3.29. The Morgan fingerprint density at radius 2 is 1.64 bits per heavy atom. The summed E-state index contributed by atoms with van der Waals surface area (Å²) in [5, 5.41) is 0. The summed E-state index contributed by atoms with van der Waals surface area (Å²) in [5.41, 5.74) is 1.01. The van der Waals surface area contributed by atoms with E-state index in [-0.39, 0.29) is 4.83 Å². The van der Waals surface area contributed by atoms with Crippen LogP contribution in [0.5, 0.6) is 0 Å². The molecule has 14 heavy (non-hydrogen) atoms. The molecule has 3 heteroatoms. The molecule has 0 N–H and O–H groups in total. The maximum atomic E-state index is 5.47. The van der Waals surface area contributed by atoms with E-state index in [4.69, 9.17) is 9.47 Å². The Balaban J connectivity index is 3.11. The molecule has 0 bridgehead atoms. The van der Waals surface area contributed by atoms with Gasteiger partial charge in [-0.05, 0) is 6.92 Å². The Kier molecular flexibility index (Phi) is 4.11. The zero-order chi connectivity index (χ0) is 10.6. The molecule has 0 spiro atoms. The number of halogens is 1. The number of rotatable bonds is 4. The quantitative estimate of drug-likeness (QED) is 0.611. The maximum absolute atomic E-state index is 5.47. The third kappa shape index (κ3) is 2.00. The van der Waals surface area contributed by atoms with Crippen molar-refractivity contribution in [3.05, 3.63) is 35.9 Å². The van der Waals surface area contributed by atoms with E-state index in [9.17, 15) is 0 Å². The first-order valence-corrected chi connectivity index (χ1v) is 5.39. The van der Waals surface area contributed by atoms with E-state index in [1.54, 1.807) is 14.2 Å². The number of alkyl halides is 1. The highest BCUT2D eigenvalue weighted by Crippen LogP contribution is 2.33. The van der Waals surface area contributed by atoms with Crippen molar-refractivity contribution < 1.29 is 9.47 Å². The molecule has 1 atom stereocenters. The normalized spacial score (nSPS) is 14.0. The van der Waals surface area contributed by atoms with Gasteiger partial charge in [-0.1, -0.05) is 46.3 Å². The second-order valence-corrected chi connectivity index (χ2v) is 4.43. The van der Waals surface area contributed by atoms with E-state index in [0.717, 1.165) is 5.56 Å². The Bertz CT molecular complexity index is 268. The highest BCUT2D eigenvalue weighted by atomic mass is 79.9. The van der Waals surface area contributed by atoms with Gasteiger partial charge in [-0.25, -0.2) is 0 Å². The van der Waals surface area contributed by atoms with E-state index in [0.29, 0.717) is 0 Å². The molecular formula is C11H15BrO2. The van der Waals surface area contributed by atoms with Crippen LogP contribution in [0.15, 0.2) is 30.3 Å². The van der Waals surface area contributed by atoms with Crippen LogP contribution in [-0.2, 0) is 15.3 Å². The first-order chi connectivity index (χ1) is 6.67. The molecule has 0 saturated carbocycles. The molecule has 1 unspecified atom stereocenters. The summed E-state index contributed by atoms with van der Waals surface area (Å²) in [5.74, 6) is -0.707. The first kappa shape index (κ1) is 11.7. The standard InChI is InChI=1S/C11H15BrO2/c1-9(12)11(13-2,14-3)10-7-5-4-6-8-10/h4-9H,1-3H3. The first-order valence-electron chi connectivity index (χ1n) is 4.47. The van der Waals surface area contributed by atoms with Crippen molar-refractivity contribution in [3.8, 4) is 0 Å². The predicted molar refractivity (Wildman–Crippen MR) is 60.5 cm³/mol. The van der Waals surface area contributed by atoms with Crippen molar-refractivity contribution in [1.82, 2.24) is 0 Å². The van der Waals surface area contributed by atoms with Crippen LogP contribution < -0.4 is 0 Å². The monoisotopic (exact) mass is 258 g/mol. The van der Waals surface area contributed by atoms with E-state index in [2.05, 4.69) is 15.9 Å². The van der Waals surface area contributed by atoms with Crippen LogP contribution in [0.3, 0.4) is 0 Å². The molecule has 0 saturated heterocycles. The van der Waals surface area contributed by atoms with Gasteiger partial charge in [-0.15, -0.1) is 0 Å². The number of benzene rings is 1. The average Bonchev–Trinajstić information content (AvgIpc) is 2.22. The number of hydrogen-bond donors (Lipinski definition) is 0. The minimum Gasteiger partial charge on any atom is -0.348 e. The van der Waals surface area contributed by atoms with E-state index < -0.39 is 5.79 Å². The zero-order valence-corrected chi connectivity index (χ0v) is 10.2. The molecule has 0 aliphatic carbocycles. The minimum absolute atomic E-state index is 0.0763. The van der Waals surface area contributed by atoms with E-state index in [1.165, 1.54) is 0 Å². The summed E-state index contributed by atoms with van der Waals surface area (Å²) in [4.78, 5) is 0.0763. The van der Waals surface area contributed by atoms with Gasteiger partial charge in [-0.3, -0.25) is 0 Å². The van der Waals surface area contributed by atoms with Crippen LogP contribution in [0.1, 0.15) is 12.5 Å². The second kappa shape index (κ2) is 4.91. The van der Waals surface area contributed by atoms with Gasteiger partial charge in [0.05, 0.1) is 4.83 Å². The highest BCUT2D eigenvalue weighted by Gasteiger charge is 2.36. The topological polar surface area (TPSA) is 18.5 Å². The average molecular weight is 259 g/mol. The fourth-order valence-corrected chi connectivity index (χ4v) is 2.18. The molecule has 1 aromatic carbocycles. The lowest BCUT2D eigenvalue weighted by Gasteiger charge is -2.33. The summed E-state index contributed by atoms with van der Waals surface area (Å²) < 4.78 is 10.9. The van der Waals surface area contributed by atoms with Crippen molar-refractivity contribution in [2.45, 2.75) is 17.5 Å². The van der Waals surface area contributed by atoms with Crippen molar-refractivity contribution in [2.75, 3.05) is 14.2 Å². The van der Waals surface area contributed by atoms with Gasteiger partial charge in [0.25, 0.3) is 0 Å². The van der Waals surface area contributed by atoms with Crippen molar-refractivity contribution in [3.63, 3.8) is 0 Å². The highest BCUT2D eigenvalue weighted by molar-refractivity contribution is 9.09. The number of methoxy groups -OCH3 is 2. The minimum atomic E-state index is -0.707. The number of ether oxygens (including phenoxy) is 2. The Labute approximate surface area is 93.4 Å². The number of hydrogen-bond acceptors (Lipinski definition) is 2. The summed E-state index contributed by atoms with van der Waals surface area (Å²) >= 11 is 3.51. The fraction of sp³-hybridized carbons (Fsp3) is 0.455. The van der Waals surface area contributed by atoms with Crippen LogP contribution in [0.25, 0.3) is 0 Å². The molecule has 0 heterocycles. The predicted octanol–water partition coefficient (Wildman–Crippen LogP) is 2.92. The van der Waals surface area contributed by atoms with Crippen LogP contribution in [-0.4, -0.2) is 19.0 Å². The smallest absolute Gasteiger partial charge is 0.206 e. The van der Waals surface area contributed by atoms with Crippen LogP contribution in [0.2, 0.25) is 0 Å². The van der Waals surface area contributed by atoms with Crippen molar-refractivity contribution >= 4 is 15.9 Å². The van der Waals surface area contributed by atoms with Gasteiger partial charge in [0.15, 0.2) is 0 Å². The van der Waals surface area contributed by atoms with Crippen LogP contribution in [0, 0.1) is 0 Å². The third-order valence-corrected chi connectivity index (χ3v) is 2.91. The molecule has 0 amide bonds. The molecule has 0 aliphatic heterocycles. The Morgan fingerprint density at radius 1 is 1.14 bits per heavy atom. The van der Waals surface area contributed by atoms with Crippen LogP contribution in [0.4, 0.5) is 0 Å². The van der Waals surface area contributed by atoms with Gasteiger partial charge in [0.1, 0.15) is 0 Å². The molecule has 0 radical (unpaired) electrons. The van der Waals surface area contributed by atoms with E-state index >= 15 is 0 Å². The van der Waals surface area contributed by atoms with Gasteiger partial charge in [0, 0.05) is 19.8 Å². The van der Waals surface area contributed by atoms with Crippen molar-refractivity contribution in [1.29, 1.82) is 0 Å². The Hall–Kier alpha value is -0.380. The van der Waals surface area contributed by atoms with Gasteiger partial charge < -0.3 is 9.47 Å². The van der Waals surface area contributed by atoms with Crippen LogP contribution >= 0.6 is 15.9 Å². The van der Waals surface area contributed by atoms with Gasteiger partial charge >= 0.3 is 0 Å². The van der Waals surface area contributed by atoms with Gasteiger partial charge in [0.2, 0.25) is 5.79 Å². The lowest BCUT2D eigenvalue weighted by Crippen LogP contribution is -2.38. The summed E-state index contributed by atoms with van der Waals surface area (Å²) in [6.45, 7) is 2.00. The molecular weight excluding hydrogens is 244 g/mol. The summed E-state index contributed by atoms with van der Waals surface area (Å²) in [6, 6.07) is 9.89. The molecule has 1 rings (SSSR count). The van der Waals surface area contributed by atoms with Gasteiger partial charge in [-0.2, -0.15) is 0 Å². The zero-order valence-electron chi connectivity index (χ0n) is 8.66. The Morgan fingerprint density at radius 3 is 2.00 bits per heavy atom. The lowest BCUT2D eigenvalue weighted by atomic mass is 10.0. The summed E-state index contributed by atoms with van der Waals surface area (Å²) in [6.07, 6.45) is 0. The molecule has 0 aromatic heterocycles. The fourth-order valence-electron chi connectivity index (χ4n) is 1.54. The largest absolute Gasteiger partial charge is 0.348 e.